The third-order valence-corrected chi connectivity index (χ3v) is 3.61. The van der Waals surface area contributed by atoms with E-state index in [1.54, 1.807) is 31.4 Å². The van der Waals surface area contributed by atoms with Crippen LogP contribution in [0.2, 0.25) is 0 Å². The standard InChI is InChI=1S/C20H24N2O4/c1-15(13-25-2)22-19(23)14-26-18-11-7-6-10-17(18)20(24)21-12-16-8-4-3-5-9-16/h3-11,15H,12-14H2,1-2H3,(H,21,24)(H,22,23). The van der Waals surface area contributed by atoms with Gasteiger partial charge in [0.25, 0.3) is 11.8 Å². The van der Waals surface area contributed by atoms with Crippen molar-refractivity contribution in [3.05, 3.63) is 65.7 Å². The topological polar surface area (TPSA) is 76.7 Å². The molecule has 0 spiro atoms. The number of benzene rings is 2. The van der Waals surface area contributed by atoms with Crippen molar-refractivity contribution in [3.8, 4) is 5.75 Å². The lowest BCUT2D eigenvalue weighted by Crippen LogP contribution is -2.38. The van der Waals surface area contributed by atoms with Crippen molar-refractivity contribution >= 4 is 11.8 Å². The van der Waals surface area contributed by atoms with E-state index in [9.17, 15) is 9.59 Å². The highest BCUT2D eigenvalue weighted by Crippen LogP contribution is 2.18. The molecule has 1 atom stereocenters. The van der Waals surface area contributed by atoms with Crippen LogP contribution in [-0.2, 0) is 16.1 Å². The van der Waals surface area contributed by atoms with Crippen molar-refractivity contribution in [2.75, 3.05) is 20.3 Å². The van der Waals surface area contributed by atoms with Crippen LogP contribution in [0.5, 0.6) is 5.75 Å². The Bertz CT molecular complexity index is 719. The van der Waals surface area contributed by atoms with Crippen molar-refractivity contribution in [1.29, 1.82) is 0 Å². The van der Waals surface area contributed by atoms with Gasteiger partial charge in [0, 0.05) is 19.7 Å². The van der Waals surface area contributed by atoms with Gasteiger partial charge in [0.2, 0.25) is 0 Å². The van der Waals surface area contributed by atoms with Crippen LogP contribution in [0.3, 0.4) is 0 Å². The Balaban J connectivity index is 1.92. The molecule has 0 aliphatic heterocycles. The molecule has 0 aromatic heterocycles. The van der Waals surface area contributed by atoms with Crippen LogP contribution in [0.15, 0.2) is 54.6 Å². The second kappa shape index (κ2) is 10.2. The fraction of sp³-hybridized carbons (Fsp3) is 0.300. The molecule has 0 fully saturated rings. The summed E-state index contributed by atoms with van der Waals surface area (Å²) in [5, 5.41) is 5.61. The molecule has 0 bridgehead atoms. The highest BCUT2D eigenvalue weighted by atomic mass is 16.5. The van der Waals surface area contributed by atoms with Crippen LogP contribution >= 0.6 is 0 Å². The summed E-state index contributed by atoms with van der Waals surface area (Å²) < 4.78 is 10.5. The van der Waals surface area contributed by atoms with Gasteiger partial charge in [0.1, 0.15) is 5.75 Å². The lowest BCUT2D eigenvalue weighted by Gasteiger charge is -2.14. The van der Waals surface area contributed by atoms with E-state index < -0.39 is 0 Å². The summed E-state index contributed by atoms with van der Waals surface area (Å²) in [7, 11) is 1.57. The largest absolute Gasteiger partial charge is 0.483 e. The number of hydrogen-bond donors (Lipinski definition) is 2. The van der Waals surface area contributed by atoms with Gasteiger partial charge in [0.05, 0.1) is 12.2 Å². The van der Waals surface area contributed by atoms with Crippen LogP contribution in [0, 0.1) is 0 Å². The minimum absolute atomic E-state index is 0.111. The number of amides is 2. The highest BCUT2D eigenvalue weighted by Gasteiger charge is 2.14. The van der Waals surface area contributed by atoms with Gasteiger partial charge >= 0.3 is 0 Å². The van der Waals surface area contributed by atoms with E-state index in [0.29, 0.717) is 24.5 Å². The first-order chi connectivity index (χ1) is 12.6. The minimum atomic E-state index is -0.269. The molecule has 0 heterocycles. The van der Waals surface area contributed by atoms with Crippen molar-refractivity contribution in [2.45, 2.75) is 19.5 Å². The minimum Gasteiger partial charge on any atom is -0.483 e. The molecule has 26 heavy (non-hydrogen) atoms. The van der Waals surface area contributed by atoms with Gasteiger partial charge in [-0.3, -0.25) is 9.59 Å². The number of carbonyl (C=O) groups is 2. The summed E-state index contributed by atoms with van der Waals surface area (Å²) in [6.45, 7) is 2.51. The smallest absolute Gasteiger partial charge is 0.258 e. The average Bonchev–Trinajstić information content (AvgIpc) is 2.65. The molecule has 6 nitrogen and oxygen atoms in total. The van der Waals surface area contributed by atoms with Gasteiger partial charge in [0.15, 0.2) is 6.61 Å². The monoisotopic (exact) mass is 356 g/mol. The molecule has 0 saturated carbocycles. The van der Waals surface area contributed by atoms with Crippen LogP contribution < -0.4 is 15.4 Å². The molecule has 2 aromatic carbocycles. The second-order valence-corrected chi connectivity index (χ2v) is 5.88. The Hall–Kier alpha value is -2.86. The molecule has 2 N–H and O–H groups in total. The number of nitrogens with one attached hydrogen (secondary N) is 2. The molecule has 1 unspecified atom stereocenters. The molecule has 138 valence electrons. The Labute approximate surface area is 153 Å². The van der Waals surface area contributed by atoms with Crippen molar-refractivity contribution in [1.82, 2.24) is 10.6 Å². The number of carbonyl (C=O) groups excluding carboxylic acids is 2. The first-order valence-electron chi connectivity index (χ1n) is 8.42. The third-order valence-electron chi connectivity index (χ3n) is 3.61. The fourth-order valence-corrected chi connectivity index (χ4v) is 2.40. The quantitative estimate of drug-likeness (QED) is 0.722. The van der Waals surface area contributed by atoms with Crippen molar-refractivity contribution in [2.24, 2.45) is 0 Å². The molecule has 2 rings (SSSR count). The first kappa shape index (κ1) is 19.5. The first-order valence-corrected chi connectivity index (χ1v) is 8.42. The number of rotatable bonds is 9. The maximum atomic E-state index is 12.4. The summed E-state index contributed by atoms with van der Waals surface area (Å²) in [5.74, 6) is -0.153. The van der Waals surface area contributed by atoms with Gasteiger partial charge in [-0.1, -0.05) is 42.5 Å². The summed E-state index contributed by atoms with van der Waals surface area (Å²) in [4.78, 5) is 24.3. The molecule has 6 heteroatoms. The summed E-state index contributed by atoms with van der Waals surface area (Å²) in [5.41, 5.74) is 1.40. The zero-order chi connectivity index (χ0) is 18.8. The Kier molecular flexibility index (Phi) is 7.64. The van der Waals surface area contributed by atoms with E-state index >= 15 is 0 Å². The molecule has 2 aromatic rings. The predicted octanol–water partition coefficient (Wildman–Crippen LogP) is 2.15. The lowest BCUT2D eigenvalue weighted by molar-refractivity contribution is -0.124. The van der Waals surface area contributed by atoms with Gasteiger partial charge in [-0.15, -0.1) is 0 Å². The van der Waals surface area contributed by atoms with Crippen LogP contribution in [0.25, 0.3) is 0 Å². The van der Waals surface area contributed by atoms with Gasteiger partial charge in [-0.05, 0) is 24.6 Å². The number of para-hydroxylation sites is 1. The number of hydrogen-bond acceptors (Lipinski definition) is 4. The molecule has 2 amide bonds. The zero-order valence-electron chi connectivity index (χ0n) is 15.0. The number of methoxy groups -OCH3 is 1. The van der Waals surface area contributed by atoms with Crippen LogP contribution in [0.4, 0.5) is 0 Å². The predicted molar refractivity (Wildman–Crippen MR) is 99.0 cm³/mol. The SMILES string of the molecule is COCC(C)NC(=O)COc1ccccc1C(=O)NCc1ccccc1. The van der Waals surface area contributed by atoms with E-state index in [4.69, 9.17) is 9.47 Å². The van der Waals surface area contributed by atoms with Crippen LogP contribution in [-0.4, -0.2) is 38.2 Å². The van der Waals surface area contributed by atoms with E-state index in [1.807, 2.05) is 37.3 Å². The van der Waals surface area contributed by atoms with Gasteiger partial charge in [-0.25, -0.2) is 0 Å². The van der Waals surface area contributed by atoms with Gasteiger partial charge in [-0.2, -0.15) is 0 Å². The molecular weight excluding hydrogens is 332 g/mol. The second-order valence-electron chi connectivity index (χ2n) is 5.88. The van der Waals surface area contributed by atoms with E-state index in [0.717, 1.165) is 5.56 Å². The van der Waals surface area contributed by atoms with E-state index in [2.05, 4.69) is 10.6 Å². The van der Waals surface area contributed by atoms with Crippen molar-refractivity contribution < 1.29 is 19.1 Å². The van der Waals surface area contributed by atoms with Gasteiger partial charge < -0.3 is 20.1 Å². The van der Waals surface area contributed by atoms with Crippen molar-refractivity contribution in [3.63, 3.8) is 0 Å². The number of ether oxygens (including phenoxy) is 2. The molecule has 0 aliphatic carbocycles. The Morgan fingerprint density at radius 3 is 2.46 bits per heavy atom. The summed E-state index contributed by atoms with van der Waals surface area (Å²) in [6, 6.07) is 16.4. The average molecular weight is 356 g/mol. The third kappa shape index (κ3) is 6.22. The maximum Gasteiger partial charge on any atom is 0.258 e. The molecular formula is C20H24N2O4. The maximum absolute atomic E-state index is 12.4. The van der Waals surface area contributed by atoms with Crippen LogP contribution in [0.1, 0.15) is 22.8 Å². The molecule has 0 radical (unpaired) electrons. The molecule has 0 saturated heterocycles. The summed E-state index contributed by atoms with van der Waals surface area (Å²) in [6.07, 6.45) is 0. The van der Waals surface area contributed by atoms with E-state index in [-0.39, 0.29) is 24.5 Å². The Morgan fingerprint density at radius 1 is 1.04 bits per heavy atom. The Morgan fingerprint density at radius 2 is 1.73 bits per heavy atom. The highest BCUT2D eigenvalue weighted by molar-refractivity contribution is 5.97. The van der Waals surface area contributed by atoms with E-state index in [1.165, 1.54) is 0 Å². The zero-order valence-corrected chi connectivity index (χ0v) is 15.0. The lowest BCUT2D eigenvalue weighted by atomic mass is 10.1. The fourth-order valence-electron chi connectivity index (χ4n) is 2.40. The molecule has 0 aliphatic rings. The summed E-state index contributed by atoms with van der Waals surface area (Å²) >= 11 is 0. The normalized spacial score (nSPS) is 11.5.